The Kier molecular flexibility index (Phi) is 4.84. The number of carboxylic acid groups (broad SMARTS) is 1. The van der Waals surface area contributed by atoms with E-state index in [1.807, 2.05) is 0 Å². The lowest BCUT2D eigenvalue weighted by molar-refractivity contribution is 0.0215. The summed E-state index contributed by atoms with van der Waals surface area (Å²) in [6.45, 7) is 2.93. The Morgan fingerprint density at radius 3 is 2.93 bits per heavy atom. The average Bonchev–Trinajstić information content (AvgIpc) is 2.43. The van der Waals surface area contributed by atoms with Gasteiger partial charge in [-0.2, -0.15) is 0 Å². The second kappa shape index (κ2) is 5.92. The zero-order valence-electron chi connectivity index (χ0n) is 8.98. The van der Waals surface area contributed by atoms with Crippen molar-refractivity contribution >= 4 is 6.09 Å². The van der Waals surface area contributed by atoms with Crippen LogP contribution in [0.2, 0.25) is 0 Å². The van der Waals surface area contributed by atoms with Gasteiger partial charge in [0.15, 0.2) is 0 Å². The van der Waals surface area contributed by atoms with Crippen molar-refractivity contribution in [3.63, 3.8) is 0 Å². The highest BCUT2D eigenvalue weighted by Crippen LogP contribution is 2.19. The Morgan fingerprint density at radius 2 is 2.27 bits per heavy atom. The Hall–Kier alpha value is -0.810. The quantitative estimate of drug-likeness (QED) is 0.654. The maximum absolute atomic E-state index is 10.4. The first kappa shape index (κ1) is 12.3. The molecule has 1 amide bonds. The number of aliphatic hydroxyl groups excluding tert-OH is 1. The molecule has 0 aliphatic carbocycles. The Labute approximate surface area is 89.4 Å². The predicted molar refractivity (Wildman–Crippen MR) is 54.8 cm³/mol. The predicted octanol–water partition coefficient (Wildman–Crippen LogP) is 0.820. The fourth-order valence-corrected chi connectivity index (χ4v) is 1.89. The van der Waals surface area contributed by atoms with Gasteiger partial charge in [-0.05, 0) is 19.8 Å². The summed E-state index contributed by atoms with van der Waals surface area (Å²) >= 11 is 0. The van der Waals surface area contributed by atoms with Crippen molar-refractivity contribution in [1.82, 2.24) is 5.32 Å². The number of rotatable bonds is 3. The minimum Gasteiger partial charge on any atom is -0.465 e. The molecule has 1 saturated heterocycles. The maximum Gasteiger partial charge on any atom is 0.404 e. The molecule has 0 spiro atoms. The minimum atomic E-state index is -1.10. The first-order valence-corrected chi connectivity index (χ1v) is 5.36. The van der Waals surface area contributed by atoms with Gasteiger partial charge >= 0.3 is 6.09 Å². The minimum absolute atomic E-state index is 0.0364. The summed E-state index contributed by atoms with van der Waals surface area (Å²) < 4.78 is 5.35. The molecule has 3 N–H and O–H groups in total. The standard InChI is InChI=1S/C10H19NO4/c1-7(11-10(13)14)9(12)8-4-2-3-5-15-6-8/h7-9,11-12H,2-6H2,1H3,(H,13,14)/t7?,8-,9?/m1/s1. The number of hydrogen-bond acceptors (Lipinski definition) is 3. The van der Waals surface area contributed by atoms with Gasteiger partial charge in [-0.15, -0.1) is 0 Å². The van der Waals surface area contributed by atoms with Gasteiger partial charge in [0.25, 0.3) is 0 Å². The second-order valence-corrected chi connectivity index (χ2v) is 4.06. The van der Waals surface area contributed by atoms with Crippen molar-refractivity contribution < 1.29 is 19.7 Å². The average molecular weight is 217 g/mol. The van der Waals surface area contributed by atoms with Crippen molar-refractivity contribution in [1.29, 1.82) is 0 Å². The monoisotopic (exact) mass is 217 g/mol. The van der Waals surface area contributed by atoms with E-state index in [0.717, 1.165) is 25.9 Å². The fraction of sp³-hybridized carbons (Fsp3) is 0.900. The fourth-order valence-electron chi connectivity index (χ4n) is 1.89. The molecule has 88 valence electrons. The first-order chi connectivity index (χ1) is 7.11. The number of carbonyl (C=O) groups is 1. The normalized spacial score (nSPS) is 26.4. The highest BCUT2D eigenvalue weighted by atomic mass is 16.5. The second-order valence-electron chi connectivity index (χ2n) is 4.06. The molecule has 0 aromatic rings. The number of amides is 1. The number of hydrogen-bond donors (Lipinski definition) is 3. The van der Waals surface area contributed by atoms with Crippen LogP contribution in [-0.4, -0.2) is 41.7 Å². The zero-order valence-corrected chi connectivity index (χ0v) is 8.98. The smallest absolute Gasteiger partial charge is 0.404 e. The third-order valence-corrected chi connectivity index (χ3v) is 2.79. The summed E-state index contributed by atoms with van der Waals surface area (Å²) in [4.78, 5) is 10.4. The van der Waals surface area contributed by atoms with E-state index >= 15 is 0 Å². The van der Waals surface area contributed by atoms with Gasteiger partial charge in [0.1, 0.15) is 0 Å². The summed E-state index contributed by atoms with van der Waals surface area (Å²) in [5.74, 6) is 0.0364. The van der Waals surface area contributed by atoms with E-state index in [-0.39, 0.29) is 5.92 Å². The number of ether oxygens (including phenoxy) is 1. The molecule has 1 aliphatic heterocycles. The largest absolute Gasteiger partial charge is 0.465 e. The molecule has 2 unspecified atom stereocenters. The van der Waals surface area contributed by atoms with Crippen molar-refractivity contribution in [3.8, 4) is 0 Å². The van der Waals surface area contributed by atoms with E-state index < -0.39 is 18.2 Å². The van der Waals surface area contributed by atoms with Gasteiger partial charge in [-0.1, -0.05) is 6.42 Å². The molecule has 15 heavy (non-hydrogen) atoms. The summed E-state index contributed by atoms with van der Waals surface area (Å²) in [6.07, 6.45) is 1.17. The number of aliphatic hydroxyl groups is 1. The van der Waals surface area contributed by atoms with Crippen LogP contribution in [0, 0.1) is 5.92 Å². The summed E-state index contributed by atoms with van der Waals surface area (Å²) in [5, 5.41) is 20.7. The molecule has 1 rings (SSSR count). The van der Waals surface area contributed by atoms with Gasteiger partial charge in [0, 0.05) is 12.5 Å². The van der Waals surface area contributed by atoms with Crippen LogP contribution in [0.15, 0.2) is 0 Å². The number of nitrogens with one attached hydrogen (secondary N) is 1. The van der Waals surface area contributed by atoms with E-state index in [1.54, 1.807) is 6.92 Å². The molecule has 0 radical (unpaired) electrons. The Balaban J connectivity index is 2.42. The van der Waals surface area contributed by atoms with Crippen LogP contribution >= 0.6 is 0 Å². The highest BCUT2D eigenvalue weighted by molar-refractivity contribution is 5.64. The maximum atomic E-state index is 10.4. The van der Waals surface area contributed by atoms with Crippen LogP contribution in [0.25, 0.3) is 0 Å². The molecule has 0 saturated carbocycles. The topological polar surface area (TPSA) is 78.8 Å². The molecule has 5 heteroatoms. The van der Waals surface area contributed by atoms with E-state index in [0.29, 0.717) is 6.61 Å². The molecule has 0 aromatic heterocycles. The van der Waals surface area contributed by atoms with Gasteiger partial charge in [-0.3, -0.25) is 0 Å². The van der Waals surface area contributed by atoms with Crippen LogP contribution < -0.4 is 5.32 Å². The lowest BCUT2D eigenvalue weighted by atomic mass is 9.93. The first-order valence-electron chi connectivity index (χ1n) is 5.36. The van der Waals surface area contributed by atoms with Gasteiger partial charge < -0.3 is 20.3 Å². The molecule has 0 aromatic carbocycles. The van der Waals surface area contributed by atoms with E-state index in [4.69, 9.17) is 9.84 Å². The molecule has 1 aliphatic rings. The van der Waals surface area contributed by atoms with Crippen LogP contribution in [0.4, 0.5) is 4.79 Å². The van der Waals surface area contributed by atoms with Gasteiger partial charge in [0.05, 0.1) is 18.8 Å². The molecule has 1 heterocycles. The molecule has 1 fully saturated rings. The molecular formula is C10H19NO4. The SMILES string of the molecule is CC(NC(=O)O)C(O)[C@@H]1CCCCOC1. The van der Waals surface area contributed by atoms with Crippen molar-refractivity contribution in [2.45, 2.75) is 38.3 Å². The van der Waals surface area contributed by atoms with Crippen molar-refractivity contribution in [2.24, 2.45) is 5.92 Å². The van der Waals surface area contributed by atoms with Crippen LogP contribution in [-0.2, 0) is 4.74 Å². The van der Waals surface area contributed by atoms with Crippen LogP contribution in [0.1, 0.15) is 26.2 Å². The molecule has 3 atom stereocenters. The lowest BCUT2D eigenvalue weighted by Crippen LogP contribution is -2.45. The van der Waals surface area contributed by atoms with E-state index in [2.05, 4.69) is 5.32 Å². The van der Waals surface area contributed by atoms with Crippen molar-refractivity contribution in [3.05, 3.63) is 0 Å². The van der Waals surface area contributed by atoms with E-state index in [9.17, 15) is 9.90 Å². The summed E-state index contributed by atoms with van der Waals surface area (Å²) in [6, 6.07) is -0.450. The summed E-state index contributed by atoms with van der Waals surface area (Å²) in [7, 11) is 0. The highest BCUT2D eigenvalue weighted by Gasteiger charge is 2.26. The summed E-state index contributed by atoms with van der Waals surface area (Å²) in [5.41, 5.74) is 0. The third kappa shape index (κ3) is 4.05. The molecule has 0 bridgehead atoms. The van der Waals surface area contributed by atoms with Gasteiger partial charge in [0.2, 0.25) is 0 Å². The van der Waals surface area contributed by atoms with Crippen LogP contribution in [0.5, 0.6) is 0 Å². The van der Waals surface area contributed by atoms with E-state index in [1.165, 1.54) is 0 Å². The third-order valence-electron chi connectivity index (χ3n) is 2.79. The Morgan fingerprint density at radius 1 is 1.53 bits per heavy atom. The van der Waals surface area contributed by atoms with Gasteiger partial charge in [-0.25, -0.2) is 4.79 Å². The lowest BCUT2D eigenvalue weighted by Gasteiger charge is -2.26. The van der Waals surface area contributed by atoms with Crippen LogP contribution in [0.3, 0.4) is 0 Å². The Bertz CT molecular complexity index is 202. The molecular weight excluding hydrogens is 198 g/mol. The molecule has 5 nitrogen and oxygen atoms in total. The van der Waals surface area contributed by atoms with Crippen molar-refractivity contribution in [2.75, 3.05) is 13.2 Å². The zero-order chi connectivity index (χ0) is 11.3.